The minimum absolute atomic E-state index is 0.136. The maximum absolute atomic E-state index is 2.48. The molecule has 2 bridgehead atoms. The summed E-state index contributed by atoms with van der Waals surface area (Å²) < 4.78 is 0. The van der Waals surface area contributed by atoms with Gasteiger partial charge >= 0.3 is 0 Å². The van der Waals surface area contributed by atoms with Gasteiger partial charge in [-0.1, -0.05) is 93.5 Å². The van der Waals surface area contributed by atoms with E-state index in [9.17, 15) is 0 Å². The van der Waals surface area contributed by atoms with E-state index in [0.717, 1.165) is 0 Å². The molecule has 0 saturated carbocycles. The Bertz CT molecular complexity index is 1110. The number of rotatable bonds is 3. The van der Waals surface area contributed by atoms with Crippen LogP contribution in [0.25, 0.3) is 16.2 Å². The monoisotopic (exact) mass is 398 g/mol. The molecule has 0 fully saturated rings. The van der Waals surface area contributed by atoms with Gasteiger partial charge in [-0.25, -0.2) is 0 Å². The Balaban J connectivity index is 1.78. The lowest BCUT2D eigenvalue weighted by molar-refractivity contribution is 0.632. The molecular formula is C26H24P2. The van der Waals surface area contributed by atoms with Crippen molar-refractivity contribution in [2.75, 3.05) is 6.16 Å². The van der Waals surface area contributed by atoms with E-state index in [2.05, 4.69) is 99.4 Å². The van der Waals surface area contributed by atoms with Crippen molar-refractivity contribution in [1.82, 2.24) is 0 Å². The maximum Gasteiger partial charge on any atom is 0.0198 e. The molecule has 0 N–H and O–H groups in total. The van der Waals surface area contributed by atoms with E-state index in [4.69, 9.17) is 0 Å². The van der Waals surface area contributed by atoms with Crippen molar-refractivity contribution in [3.8, 4) is 0 Å². The molecule has 0 spiro atoms. The lowest BCUT2D eigenvalue weighted by atomic mass is 9.74. The zero-order valence-corrected chi connectivity index (χ0v) is 18.4. The van der Waals surface area contributed by atoms with Gasteiger partial charge < -0.3 is 0 Å². The van der Waals surface area contributed by atoms with Crippen molar-refractivity contribution in [3.63, 3.8) is 0 Å². The topological polar surface area (TPSA) is 0 Å². The first-order valence-corrected chi connectivity index (χ1v) is 12.4. The van der Waals surface area contributed by atoms with Crippen LogP contribution in [0.4, 0.5) is 0 Å². The zero-order valence-electron chi connectivity index (χ0n) is 16.6. The van der Waals surface area contributed by atoms with Gasteiger partial charge in [-0.15, -0.1) is 0 Å². The van der Waals surface area contributed by atoms with Crippen LogP contribution in [0.3, 0.4) is 0 Å². The summed E-state index contributed by atoms with van der Waals surface area (Å²) in [7, 11) is 1.02. The molecule has 138 valence electrons. The number of fused-ring (bicyclic) bond motifs is 2. The van der Waals surface area contributed by atoms with Gasteiger partial charge in [-0.3, -0.25) is 0 Å². The van der Waals surface area contributed by atoms with Crippen LogP contribution >= 0.6 is 16.1 Å². The summed E-state index contributed by atoms with van der Waals surface area (Å²) in [5, 5.41) is 4.82. The van der Waals surface area contributed by atoms with Crippen molar-refractivity contribution in [2.45, 2.75) is 20.8 Å². The highest BCUT2D eigenvalue weighted by molar-refractivity contribution is 7.80. The molecule has 2 aliphatic heterocycles. The van der Waals surface area contributed by atoms with Crippen molar-refractivity contribution >= 4 is 32.3 Å². The highest BCUT2D eigenvalue weighted by Gasteiger charge is 2.52. The average Bonchev–Trinajstić information content (AvgIpc) is 3.17. The molecule has 2 heteroatoms. The minimum Gasteiger partial charge on any atom is -0.0675 e. The molecule has 0 aliphatic carbocycles. The zero-order chi connectivity index (χ0) is 19.3. The summed E-state index contributed by atoms with van der Waals surface area (Å²) in [6, 6.07) is 26.7. The fraction of sp³-hybridized carbons (Fsp3) is 0.192. The molecule has 0 radical (unpaired) electrons. The highest BCUT2D eigenvalue weighted by atomic mass is 31.1. The first kappa shape index (κ1) is 18.1. The molecular weight excluding hydrogens is 374 g/mol. The van der Waals surface area contributed by atoms with Gasteiger partial charge in [0.05, 0.1) is 0 Å². The van der Waals surface area contributed by atoms with E-state index in [1.54, 1.807) is 27.1 Å². The van der Waals surface area contributed by atoms with E-state index in [-0.39, 0.29) is 13.3 Å². The highest BCUT2D eigenvalue weighted by Crippen LogP contribution is 2.80. The molecule has 2 atom stereocenters. The van der Waals surface area contributed by atoms with Crippen LogP contribution in [0.1, 0.15) is 35.8 Å². The van der Waals surface area contributed by atoms with Crippen molar-refractivity contribution in [1.29, 1.82) is 0 Å². The van der Waals surface area contributed by atoms with E-state index in [1.165, 1.54) is 31.0 Å². The number of hydrogen-bond donors (Lipinski definition) is 0. The Kier molecular flexibility index (Phi) is 4.39. The van der Waals surface area contributed by atoms with Crippen LogP contribution in [0.5, 0.6) is 0 Å². The Morgan fingerprint density at radius 1 is 0.786 bits per heavy atom. The molecule has 2 aromatic carbocycles. The third kappa shape index (κ3) is 2.59. The SMILES string of the molecule is CC1=C(c2pcccc2C)P2CC1(C)C(c1ccccc1)=C2c1ccccc1. The van der Waals surface area contributed by atoms with Crippen molar-refractivity contribution in [3.05, 3.63) is 106 Å². The molecule has 5 rings (SSSR count). The summed E-state index contributed by atoms with van der Waals surface area (Å²) in [6.45, 7) is 7.16. The van der Waals surface area contributed by atoms with E-state index in [1.807, 2.05) is 0 Å². The quantitative estimate of drug-likeness (QED) is 0.389. The lowest BCUT2D eigenvalue weighted by Crippen LogP contribution is -2.18. The molecule has 0 saturated heterocycles. The molecule has 2 aliphatic rings. The largest absolute Gasteiger partial charge is 0.0675 e. The number of benzene rings is 2. The van der Waals surface area contributed by atoms with Crippen LogP contribution in [0, 0.1) is 12.3 Å². The van der Waals surface area contributed by atoms with E-state index in [0.29, 0.717) is 0 Å². The third-order valence-electron chi connectivity index (χ3n) is 6.33. The molecule has 0 amide bonds. The van der Waals surface area contributed by atoms with Crippen LogP contribution in [-0.4, -0.2) is 6.16 Å². The Hall–Kier alpha value is -2.00. The lowest BCUT2D eigenvalue weighted by Gasteiger charge is -2.31. The minimum atomic E-state index is -0.332. The van der Waals surface area contributed by atoms with Crippen LogP contribution in [0.2, 0.25) is 0 Å². The summed E-state index contributed by atoms with van der Waals surface area (Å²) >= 11 is 0. The van der Waals surface area contributed by atoms with E-state index < -0.39 is 0 Å². The molecule has 2 unspecified atom stereocenters. The van der Waals surface area contributed by atoms with Crippen molar-refractivity contribution in [2.24, 2.45) is 5.41 Å². The molecule has 1 aromatic heterocycles. The maximum atomic E-state index is 2.48. The smallest absolute Gasteiger partial charge is 0.0198 e. The van der Waals surface area contributed by atoms with E-state index >= 15 is 0 Å². The Labute approximate surface area is 170 Å². The van der Waals surface area contributed by atoms with Gasteiger partial charge in [0, 0.05) is 10.7 Å². The van der Waals surface area contributed by atoms with Gasteiger partial charge in [0.15, 0.2) is 0 Å². The van der Waals surface area contributed by atoms with Gasteiger partial charge in [-0.2, -0.15) is 0 Å². The Morgan fingerprint density at radius 3 is 2.07 bits per heavy atom. The fourth-order valence-corrected chi connectivity index (χ4v) is 10.0. The summed E-state index contributed by atoms with van der Waals surface area (Å²) in [6.07, 6.45) is 1.26. The first-order chi connectivity index (χ1) is 13.6. The normalized spacial score (nSPS) is 23.9. The standard InChI is InChI=1S/C26H24P2/c1-18-11-10-16-27-23(18)24-19(2)26(3)17-28(24)25(21-14-8-5-9-15-21)22(26)20-12-6-4-7-13-20/h4-16H,17H2,1-3H3. The predicted octanol–water partition coefficient (Wildman–Crippen LogP) is 8.39. The number of hydrogen-bond acceptors (Lipinski definition) is 0. The first-order valence-electron chi connectivity index (χ1n) is 9.88. The van der Waals surface area contributed by atoms with Gasteiger partial charge in [0.1, 0.15) is 0 Å². The number of aryl methyl sites for hydroxylation is 1. The Morgan fingerprint density at radius 2 is 1.43 bits per heavy atom. The van der Waals surface area contributed by atoms with Crippen molar-refractivity contribution < 1.29 is 0 Å². The van der Waals surface area contributed by atoms with Gasteiger partial charge in [-0.05, 0) is 66.6 Å². The van der Waals surface area contributed by atoms with Crippen LogP contribution in [0.15, 0.2) is 84.2 Å². The summed E-state index contributed by atoms with van der Waals surface area (Å²) in [5.74, 6) is 2.29. The van der Waals surface area contributed by atoms with Crippen LogP contribution < -0.4 is 0 Å². The third-order valence-corrected chi connectivity index (χ3v) is 10.7. The molecule has 0 nitrogen and oxygen atoms in total. The van der Waals surface area contributed by atoms with Gasteiger partial charge in [0.25, 0.3) is 0 Å². The molecule has 28 heavy (non-hydrogen) atoms. The van der Waals surface area contributed by atoms with Gasteiger partial charge in [0.2, 0.25) is 0 Å². The number of allylic oxidation sites excluding steroid dienone is 2. The second-order valence-corrected chi connectivity index (χ2v) is 11.1. The summed E-state index contributed by atoms with van der Waals surface area (Å²) in [5.41, 5.74) is 7.54. The average molecular weight is 398 g/mol. The fourth-order valence-electron chi connectivity index (χ4n) is 4.83. The molecule has 3 heterocycles. The second-order valence-electron chi connectivity index (χ2n) is 8.02. The second kappa shape index (κ2) is 6.81. The predicted molar refractivity (Wildman–Crippen MR) is 126 cm³/mol. The van der Waals surface area contributed by atoms with Crippen LogP contribution in [-0.2, 0) is 0 Å². The molecule has 3 aromatic rings. The summed E-state index contributed by atoms with van der Waals surface area (Å²) in [4.78, 5) is 0.